The van der Waals surface area contributed by atoms with E-state index in [2.05, 4.69) is 21.8 Å². The molecular weight excluding hydrogens is 369 g/mol. The van der Waals surface area contributed by atoms with Crippen molar-refractivity contribution in [3.63, 3.8) is 0 Å². The molecule has 1 atom stereocenters. The molecule has 2 fully saturated rings. The van der Waals surface area contributed by atoms with Crippen LogP contribution in [0.2, 0.25) is 0 Å². The molecule has 6 nitrogen and oxygen atoms in total. The summed E-state index contributed by atoms with van der Waals surface area (Å²) in [6.45, 7) is 5.50. The molecule has 154 valence electrons. The Bertz CT molecular complexity index is 835. The van der Waals surface area contributed by atoms with E-state index in [-0.39, 0.29) is 11.7 Å². The zero-order valence-electron chi connectivity index (χ0n) is 16.9. The Kier molecular flexibility index (Phi) is 5.92. The van der Waals surface area contributed by atoms with Crippen molar-refractivity contribution in [3.05, 3.63) is 48.0 Å². The van der Waals surface area contributed by atoms with E-state index in [0.29, 0.717) is 43.5 Å². The Morgan fingerprint density at radius 1 is 1.07 bits per heavy atom. The van der Waals surface area contributed by atoms with Crippen LogP contribution in [-0.2, 0) is 0 Å². The average Bonchev–Trinajstić information content (AvgIpc) is 2.79. The Morgan fingerprint density at radius 2 is 1.79 bits per heavy atom. The molecule has 0 saturated carbocycles. The molecule has 2 aliphatic heterocycles. The van der Waals surface area contributed by atoms with Gasteiger partial charge in [0, 0.05) is 51.2 Å². The number of para-hydroxylation sites is 1. The fourth-order valence-electron chi connectivity index (χ4n) is 4.31. The fourth-order valence-corrected chi connectivity index (χ4v) is 4.31. The van der Waals surface area contributed by atoms with Crippen molar-refractivity contribution in [3.8, 4) is 0 Å². The molecule has 0 bridgehead atoms. The molecular formula is C22H28FN5O. The van der Waals surface area contributed by atoms with Gasteiger partial charge >= 0.3 is 0 Å². The summed E-state index contributed by atoms with van der Waals surface area (Å²) in [7, 11) is 0. The van der Waals surface area contributed by atoms with Crippen LogP contribution in [0.3, 0.4) is 0 Å². The van der Waals surface area contributed by atoms with Crippen molar-refractivity contribution in [2.75, 3.05) is 42.5 Å². The molecule has 7 heteroatoms. The van der Waals surface area contributed by atoms with Gasteiger partial charge in [0.15, 0.2) is 0 Å². The quantitative estimate of drug-likeness (QED) is 0.792. The number of hydrogen-bond donors (Lipinski definition) is 0. The SMILES string of the molecule is CCC1CCCCN1c1ncc(C(=O)N2CCN(c3ccccc3F)CC2)cn1. The van der Waals surface area contributed by atoms with E-state index in [1.54, 1.807) is 29.4 Å². The first-order chi connectivity index (χ1) is 14.2. The maximum atomic E-state index is 14.0. The van der Waals surface area contributed by atoms with Gasteiger partial charge in [0.2, 0.25) is 5.95 Å². The van der Waals surface area contributed by atoms with Crippen molar-refractivity contribution < 1.29 is 9.18 Å². The van der Waals surface area contributed by atoms with Crippen molar-refractivity contribution in [1.29, 1.82) is 0 Å². The number of hydrogen-bond acceptors (Lipinski definition) is 5. The summed E-state index contributed by atoms with van der Waals surface area (Å²) in [4.78, 5) is 27.9. The third-order valence-electron chi connectivity index (χ3n) is 6.00. The molecule has 0 N–H and O–H groups in total. The molecule has 1 aromatic heterocycles. The van der Waals surface area contributed by atoms with Crippen LogP contribution < -0.4 is 9.80 Å². The minimum atomic E-state index is -0.223. The third-order valence-corrected chi connectivity index (χ3v) is 6.00. The Labute approximate surface area is 171 Å². The van der Waals surface area contributed by atoms with Gasteiger partial charge in [0.25, 0.3) is 5.91 Å². The van der Waals surface area contributed by atoms with Crippen LogP contribution >= 0.6 is 0 Å². The van der Waals surface area contributed by atoms with Crippen LogP contribution in [0, 0.1) is 5.82 Å². The van der Waals surface area contributed by atoms with Gasteiger partial charge in [0.05, 0.1) is 11.3 Å². The van der Waals surface area contributed by atoms with Crippen LogP contribution in [0.5, 0.6) is 0 Å². The lowest BCUT2D eigenvalue weighted by molar-refractivity contribution is 0.0746. The molecule has 1 aromatic carbocycles. The second-order valence-electron chi connectivity index (χ2n) is 7.75. The number of rotatable bonds is 4. The normalized spacial score (nSPS) is 20.1. The van der Waals surface area contributed by atoms with Crippen molar-refractivity contribution >= 4 is 17.5 Å². The first kappa shape index (κ1) is 19.6. The summed E-state index contributed by atoms with van der Waals surface area (Å²) in [5, 5.41) is 0. The number of piperidine rings is 1. The fraction of sp³-hybridized carbons (Fsp3) is 0.500. The van der Waals surface area contributed by atoms with Gasteiger partial charge in [-0.25, -0.2) is 14.4 Å². The number of benzene rings is 1. The van der Waals surface area contributed by atoms with Crippen LogP contribution in [0.1, 0.15) is 43.0 Å². The van der Waals surface area contributed by atoms with Gasteiger partial charge < -0.3 is 14.7 Å². The first-order valence-electron chi connectivity index (χ1n) is 10.5. The summed E-state index contributed by atoms with van der Waals surface area (Å²) >= 11 is 0. The molecule has 2 aliphatic rings. The number of anilines is 2. The predicted molar refractivity (Wildman–Crippen MR) is 112 cm³/mol. The van der Waals surface area contributed by atoms with Crippen LogP contribution in [-0.4, -0.2) is 59.5 Å². The maximum absolute atomic E-state index is 14.0. The van der Waals surface area contributed by atoms with E-state index in [9.17, 15) is 9.18 Å². The number of nitrogens with zero attached hydrogens (tertiary/aromatic N) is 5. The summed E-state index contributed by atoms with van der Waals surface area (Å²) in [6.07, 6.45) is 7.96. The lowest BCUT2D eigenvalue weighted by atomic mass is 10.0. The van der Waals surface area contributed by atoms with Crippen molar-refractivity contribution in [2.24, 2.45) is 0 Å². The highest BCUT2D eigenvalue weighted by molar-refractivity contribution is 5.93. The van der Waals surface area contributed by atoms with E-state index in [0.717, 1.165) is 25.3 Å². The van der Waals surface area contributed by atoms with Crippen molar-refractivity contribution in [2.45, 2.75) is 38.6 Å². The molecule has 3 heterocycles. The largest absolute Gasteiger partial charge is 0.366 e. The third kappa shape index (κ3) is 4.18. The molecule has 0 spiro atoms. The van der Waals surface area contributed by atoms with Crippen LogP contribution in [0.4, 0.5) is 16.0 Å². The minimum Gasteiger partial charge on any atom is -0.366 e. The Hall–Kier alpha value is -2.70. The smallest absolute Gasteiger partial charge is 0.257 e. The lowest BCUT2D eigenvalue weighted by Gasteiger charge is -2.36. The van der Waals surface area contributed by atoms with Gasteiger partial charge in [-0.2, -0.15) is 0 Å². The number of piperazine rings is 1. The molecule has 4 rings (SSSR count). The van der Waals surface area contributed by atoms with E-state index in [4.69, 9.17) is 0 Å². The summed E-state index contributed by atoms with van der Waals surface area (Å²) < 4.78 is 14.0. The Balaban J connectivity index is 1.38. The van der Waals surface area contributed by atoms with E-state index in [1.165, 1.54) is 18.9 Å². The van der Waals surface area contributed by atoms with Gasteiger partial charge in [-0.05, 0) is 37.8 Å². The summed E-state index contributed by atoms with van der Waals surface area (Å²) in [5.74, 6) is 0.437. The molecule has 29 heavy (non-hydrogen) atoms. The van der Waals surface area contributed by atoms with E-state index in [1.807, 2.05) is 11.0 Å². The molecule has 0 aliphatic carbocycles. The second-order valence-corrected chi connectivity index (χ2v) is 7.75. The number of carbonyl (C=O) groups is 1. The van der Waals surface area contributed by atoms with Crippen molar-refractivity contribution in [1.82, 2.24) is 14.9 Å². The molecule has 0 radical (unpaired) electrons. The molecule has 2 saturated heterocycles. The highest BCUT2D eigenvalue weighted by Crippen LogP contribution is 2.24. The molecule has 2 aromatic rings. The minimum absolute atomic E-state index is 0.0598. The molecule has 1 amide bonds. The first-order valence-corrected chi connectivity index (χ1v) is 10.5. The zero-order valence-corrected chi connectivity index (χ0v) is 16.9. The van der Waals surface area contributed by atoms with E-state index >= 15 is 0 Å². The summed E-state index contributed by atoms with van der Waals surface area (Å²) in [6, 6.07) is 7.26. The lowest BCUT2D eigenvalue weighted by Crippen LogP contribution is -2.49. The topological polar surface area (TPSA) is 52.6 Å². The predicted octanol–water partition coefficient (Wildman–Crippen LogP) is 3.35. The number of aromatic nitrogens is 2. The van der Waals surface area contributed by atoms with Gasteiger partial charge in [-0.3, -0.25) is 4.79 Å². The highest BCUT2D eigenvalue weighted by atomic mass is 19.1. The highest BCUT2D eigenvalue weighted by Gasteiger charge is 2.26. The van der Waals surface area contributed by atoms with E-state index < -0.39 is 0 Å². The standard InChI is InChI=1S/C22H28FN5O/c1-2-18-7-5-6-10-28(18)22-24-15-17(16-25-22)21(29)27-13-11-26(12-14-27)20-9-4-3-8-19(20)23/h3-4,8-9,15-16,18H,2,5-7,10-14H2,1H3. The monoisotopic (exact) mass is 397 g/mol. The van der Waals surface area contributed by atoms with Gasteiger partial charge in [-0.15, -0.1) is 0 Å². The summed E-state index contributed by atoms with van der Waals surface area (Å²) in [5.41, 5.74) is 1.11. The number of carbonyl (C=O) groups excluding carboxylic acids is 1. The maximum Gasteiger partial charge on any atom is 0.257 e. The van der Waals surface area contributed by atoms with Gasteiger partial charge in [-0.1, -0.05) is 19.1 Å². The zero-order chi connectivity index (χ0) is 20.2. The van der Waals surface area contributed by atoms with Crippen LogP contribution in [0.25, 0.3) is 0 Å². The number of amides is 1. The number of halogens is 1. The van der Waals surface area contributed by atoms with Gasteiger partial charge in [0.1, 0.15) is 5.82 Å². The van der Waals surface area contributed by atoms with Crippen LogP contribution in [0.15, 0.2) is 36.7 Å². The Morgan fingerprint density at radius 3 is 2.48 bits per heavy atom. The average molecular weight is 397 g/mol. The second kappa shape index (κ2) is 8.76. The molecule has 1 unspecified atom stereocenters.